The van der Waals surface area contributed by atoms with Crippen LogP contribution in [-0.4, -0.2) is 41.7 Å². The van der Waals surface area contributed by atoms with Crippen molar-refractivity contribution < 1.29 is 19.4 Å². The van der Waals surface area contributed by atoms with Gasteiger partial charge in [0.15, 0.2) is 0 Å². The zero-order valence-electron chi connectivity index (χ0n) is 12.7. The molecule has 0 bridgehead atoms. The minimum atomic E-state index is -1.03. The number of carboxylic acid groups (broad SMARTS) is 1. The second-order valence-corrected chi connectivity index (χ2v) is 5.56. The van der Waals surface area contributed by atoms with Gasteiger partial charge in [0.25, 0.3) is 0 Å². The highest BCUT2D eigenvalue weighted by atomic mass is 16.5. The van der Waals surface area contributed by atoms with Gasteiger partial charge in [-0.25, -0.2) is 4.79 Å². The van der Waals surface area contributed by atoms with Gasteiger partial charge in [0.05, 0.1) is 23.2 Å². The minimum Gasteiger partial charge on any atom is -0.478 e. The fourth-order valence-electron chi connectivity index (χ4n) is 2.16. The van der Waals surface area contributed by atoms with E-state index in [1.165, 1.54) is 17.2 Å². The molecule has 0 aliphatic carbocycles. The molecule has 22 heavy (non-hydrogen) atoms. The molecule has 116 valence electrons. The maximum atomic E-state index is 11.4. The van der Waals surface area contributed by atoms with Crippen LogP contribution in [0.2, 0.25) is 0 Å². The first-order valence-corrected chi connectivity index (χ1v) is 6.77. The predicted octanol–water partition coefficient (Wildman–Crippen LogP) is 2.32. The first kappa shape index (κ1) is 15.9. The number of benzene rings is 1. The molecule has 0 aliphatic rings. The van der Waals surface area contributed by atoms with Crippen LogP contribution in [-0.2, 0) is 9.53 Å². The van der Waals surface area contributed by atoms with Gasteiger partial charge in [-0.2, -0.15) is 0 Å². The molecule has 6 nitrogen and oxygen atoms in total. The molecular formula is C16H18N2O4. The molecule has 0 spiro atoms. The van der Waals surface area contributed by atoms with E-state index in [4.69, 9.17) is 4.74 Å². The number of hydrogen-bond acceptors (Lipinski definition) is 4. The zero-order valence-corrected chi connectivity index (χ0v) is 12.7. The largest absolute Gasteiger partial charge is 0.478 e. The molecular weight excluding hydrogens is 284 g/mol. The lowest BCUT2D eigenvalue weighted by molar-refractivity contribution is -0.108. The van der Waals surface area contributed by atoms with E-state index in [0.717, 1.165) is 0 Å². The highest BCUT2D eigenvalue weighted by molar-refractivity contribution is 6.03. The first-order chi connectivity index (χ1) is 10.4. The number of amides is 1. The van der Waals surface area contributed by atoms with Crippen molar-refractivity contribution in [2.75, 3.05) is 18.6 Å². The Morgan fingerprint density at radius 2 is 2.14 bits per heavy atom. The van der Waals surface area contributed by atoms with Crippen LogP contribution in [0.15, 0.2) is 30.5 Å². The van der Waals surface area contributed by atoms with Crippen molar-refractivity contribution in [2.24, 2.45) is 0 Å². The van der Waals surface area contributed by atoms with Crippen LogP contribution < -0.4 is 4.90 Å². The van der Waals surface area contributed by atoms with Gasteiger partial charge in [0.1, 0.15) is 0 Å². The van der Waals surface area contributed by atoms with Crippen LogP contribution >= 0.6 is 0 Å². The third-order valence-electron chi connectivity index (χ3n) is 3.52. The normalized spacial score (nSPS) is 11.4. The lowest BCUT2D eigenvalue weighted by Gasteiger charge is -2.29. The quantitative estimate of drug-likeness (QED) is 0.828. The highest BCUT2D eigenvalue weighted by Gasteiger charge is 2.22. The fraction of sp³-hybridized carbons (Fsp3) is 0.312. The summed E-state index contributed by atoms with van der Waals surface area (Å²) in [4.78, 5) is 28.3. The molecule has 0 saturated carbocycles. The summed E-state index contributed by atoms with van der Waals surface area (Å²) in [5.74, 6) is -1.03. The molecule has 1 amide bonds. The number of nitrogens with zero attached hydrogens (tertiary/aromatic N) is 2. The Labute approximate surface area is 128 Å². The first-order valence-electron chi connectivity index (χ1n) is 6.77. The summed E-state index contributed by atoms with van der Waals surface area (Å²) in [6.45, 7) is 4.09. The summed E-state index contributed by atoms with van der Waals surface area (Å²) >= 11 is 0. The number of pyridine rings is 1. The van der Waals surface area contributed by atoms with E-state index in [0.29, 0.717) is 29.5 Å². The van der Waals surface area contributed by atoms with Crippen molar-refractivity contribution in [3.8, 4) is 0 Å². The van der Waals surface area contributed by atoms with Gasteiger partial charge in [0, 0.05) is 24.4 Å². The van der Waals surface area contributed by atoms with E-state index < -0.39 is 11.6 Å². The van der Waals surface area contributed by atoms with Crippen molar-refractivity contribution in [2.45, 2.75) is 19.4 Å². The lowest BCUT2D eigenvalue weighted by atomic mass is 10.1. The second kappa shape index (κ2) is 6.11. The number of ether oxygens (including phenoxy) is 1. The van der Waals surface area contributed by atoms with Crippen molar-refractivity contribution in [3.63, 3.8) is 0 Å². The molecule has 2 rings (SSSR count). The SMILES string of the molecule is COC(C)(C)CN(C=O)c1ccc2nccc(C(=O)O)c2c1. The average Bonchev–Trinajstić information content (AvgIpc) is 2.51. The molecule has 2 aromatic rings. The van der Waals surface area contributed by atoms with Gasteiger partial charge in [-0.3, -0.25) is 9.78 Å². The van der Waals surface area contributed by atoms with E-state index in [1.54, 1.807) is 25.3 Å². The Balaban J connectivity index is 2.49. The van der Waals surface area contributed by atoms with Crippen molar-refractivity contribution in [1.82, 2.24) is 4.98 Å². The van der Waals surface area contributed by atoms with Crippen molar-refractivity contribution in [3.05, 3.63) is 36.0 Å². The molecule has 0 unspecified atom stereocenters. The van der Waals surface area contributed by atoms with Gasteiger partial charge in [-0.15, -0.1) is 0 Å². The molecule has 1 N–H and O–H groups in total. The number of rotatable bonds is 6. The van der Waals surface area contributed by atoms with Crippen molar-refractivity contribution in [1.29, 1.82) is 0 Å². The van der Waals surface area contributed by atoms with Gasteiger partial charge in [-0.1, -0.05) is 0 Å². The van der Waals surface area contributed by atoms with E-state index in [2.05, 4.69) is 4.98 Å². The van der Waals surface area contributed by atoms with Gasteiger partial charge >= 0.3 is 5.97 Å². The van der Waals surface area contributed by atoms with E-state index in [-0.39, 0.29) is 5.56 Å². The fourth-order valence-corrected chi connectivity index (χ4v) is 2.16. The van der Waals surface area contributed by atoms with Gasteiger partial charge in [0.2, 0.25) is 6.41 Å². The Bertz CT molecular complexity index is 712. The summed E-state index contributed by atoms with van der Waals surface area (Å²) in [5, 5.41) is 9.76. The zero-order chi connectivity index (χ0) is 16.3. The number of methoxy groups -OCH3 is 1. The summed E-state index contributed by atoms with van der Waals surface area (Å²) in [6.07, 6.45) is 2.16. The van der Waals surface area contributed by atoms with E-state index >= 15 is 0 Å². The minimum absolute atomic E-state index is 0.156. The summed E-state index contributed by atoms with van der Waals surface area (Å²) < 4.78 is 5.33. The Morgan fingerprint density at radius 1 is 1.41 bits per heavy atom. The van der Waals surface area contributed by atoms with Gasteiger partial charge < -0.3 is 14.7 Å². The van der Waals surface area contributed by atoms with Gasteiger partial charge in [-0.05, 0) is 38.1 Å². The lowest BCUT2D eigenvalue weighted by Crippen LogP contribution is -2.39. The smallest absolute Gasteiger partial charge is 0.336 e. The maximum absolute atomic E-state index is 11.4. The van der Waals surface area contributed by atoms with Crippen LogP contribution in [0, 0.1) is 0 Å². The Hall–Kier alpha value is -2.47. The van der Waals surface area contributed by atoms with Crippen LogP contribution in [0.3, 0.4) is 0 Å². The van der Waals surface area contributed by atoms with Crippen LogP contribution in [0.5, 0.6) is 0 Å². The number of carbonyl (C=O) groups is 2. The number of hydrogen-bond donors (Lipinski definition) is 1. The third kappa shape index (κ3) is 3.23. The molecule has 0 radical (unpaired) electrons. The third-order valence-corrected chi connectivity index (χ3v) is 3.52. The summed E-state index contributed by atoms with van der Waals surface area (Å²) in [7, 11) is 1.58. The van der Waals surface area contributed by atoms with Crippen LogP contribution in [0.1, 0.15) is 24.2 Å². The number of carbonyl (C=O) groups excluding carboxylic acids is 1. The molecule has 0 saturated heterocycles. The molecule has 1 aromatic carbocycles. The summed E-state index contributed by atoms with van der Waals surface area (Å²) in [6, 6.07) is 6.54. The maximum Gasteiger partial charge on any atom is 0.336 e. The molecule has 6 heteroatoms. The standard InChI is InChI=1S/C16H18N2O4/c1-16(2,22-3)9-18(10-19)11-4-5-14-13(8-11)12(15(20)21)6-7-17-14/h4-8,10H,9H2,1-3H3,(H,20,21). The molecule has 0 aliphatic heterocycles. The summed E-state index contributed by atoms with van der Waals surface area (Å²) in [5.41, 5.74) is 0.813. The van der Waals surface area contributed by atoms with Crippen LogP contribution in [0.25, 0.3) is 10.9 Å². The van der Waals surface area contributed by atoms with E-state index in [1.807, 2.05) is 13.8 Å². The average molecular weight is 302 g/mol. The topological polar surface area (TPSA) is 79.7 Å². The Kier molecular flexibility index (Phi) is 4.42. The molecule has 1 aromatic heterocycles. The highest BCUT2D eigenvalue weighted by Crippen LogP contribution is 2.24. The van der Waals surface area contributed by atoms with E-state index in [9.17, 15) is 14.7 Å². The number of aromatic nitrogens is 1. The second-order valence-electron chi connectivity index (χ2n) is 5.56. The van der Waals surface area contributed by atoms with Crippen LogP contribution in [0.4, 0.5) is 5.69 Å². The monoisotopic (exact) mass is 302 g/mol. The van der Waals surface area contributed by atoms with Crippen molar-refractivity contribution >= 4 is 29.0 Å². The number of fused-ring (bicyclic) bond motifs is 1. The number of anilines is 1. The Morgan fingerprint density at radius 3 is 2.73 bits per heavy atom. The number of carboxylic acids is 1. The molecule has 0 atom stereocenters. The predicted molar refractivity (Wildman–Crippen MR) is 83.2 cm³/mol. The molecule has 0 fully saturated rings. The molecule has 1 heterocycles. The number of aromatic carboxylic acids is 1.